The van der Waals surface area contributed by atoms with Crippen molar-refractivity contribution < 1.29 is 14.6 Å². The van der Waals surface area contributed by atoms with Gasteiger partial charge in [-0.1, -0.05) is 24.3 Å². The summed E-state index contributed by atoms with van der Waals surface area (Å²) in [5, 5.41) is 24.3. The number of aromatic nitrogens is 2. The summed E-state index contributed by atoms with van der Waals surface area (Å²) >= 11 is 1.64. The minimum Gasteiger partial charge on any atom is -0.496 e. The predicted octanol–water partition coefficient (Wildman–Crippen LogP) is 4.40. The Kier molecular flexibility index (Phi) is 6.46. The Morgan fingerprint density at radius 3 is 2.84 bits per heavy atom. The van der Waals surface area contributed by atoms with Gasteiger partial charge < -0.3 is 9.84 Å². The molecule has 6 nitrogen and oxygen atoms in total. The predicted molar refractivity (Wildman–Crippen MR) is 123 cm³/mol. The lowest BCUT2D eigenvalue weighted by atomic mass is 10.0. The van der Waals surface area contributed by atoms with Crippen molar-refractivity contribution in [3.63, 3.8) is 0 Å². The van der Waals surface area contributed by atoms with Crippen molar-refractivity contribution in [2.45, 2.75) is 32.5 Å². The zero-order valence-electron chi connectivity index (χ0n) is 17.5. The first-order valence-corrected chi connectivity index (χ1v) is 11.0. The Bertz CT molecular complexity index is 1180. The molecule has 2 heterocycles. The van der Waals surface area contributed by atoms with Gasteiger partial charge in [0.2, 0.25) is 0 Å². The molecule has 0 bridgehead atoms. The molecule has 3 N–H and O–H groups in total. The lowest BCUT2D eigenvalue weighted by Gasteiger charge is -2.17. The fourth-order valence-corrected chi connectivity index (χ4v) is 4.36. The molecule has 1 atom stereocenters. The highest BCUT2D eigenvalue weighted by atomic mass is 32.1. The van der Waals surface area contributed by atoms with Crippen LogP contribution in [0.3, 0.4) is 0 Å². The molecule has 0 amide bonds. The minimum absolute atomic E-state index is 0.0594. The van der Waals surface area contributed by atoms with Crippen LogP contribution in [-0.2, 0) is 19.4 Å². The normalized spacial score (nSPS) is 12.2. The molecule has 0 fully saturated rings. The highest BCUT2D eigenvalue weighted by molar-refractivity contribution is 7.09. The number of H-pyrrole nitrogens is 1. The zero-order valence-corrected chi connectivity index (χ0v) is 18.3. The number of aliphatic hydroxyl groups is 1. The molecule has 0 aliphatic carbocycles. The number of carbonyl (C=O) groups excluding carboxylic acids is 1. The van der Waals surface area contributed by atoms with E-state index in [0.717, 1.165) is 33.5 Å². The Morgan fingerprint density at radius 1 is 1.23 bits per heavy atom. The maximum Gasteiger partial charge on any atom is 0.159 e. The molecule has 0 spiro atoms. The molecule has 0 radical (unpaired) electrons. The number of nitrogens with zero attached hydrogens (tertiary/aromatic N) is 1. The molecule has 7 heteroatoms. The van der Waals surface area contributed by atoms with Crippen LogP contribution in [0.5, 0.6) is 5.75 Å². The van der Waals surface area contributed by atoms with Gasteiger partial charge in [-0.05, 0) is 55.0 Å². The quantitative estimate of drug-likeness (QED) is 0.268. The van der Waals surface area contributed by atoms with E-state index in [1.807, 2.05) is 53.9 Å². The molecule has 4 rings (SSSR count). The van der Waals surface area contributed by atoms with Crippen molar-refractivity contribution in [3.05, 3.63) is 81.2 Å². The number of rotatable bonds is 9. The molecule has 1 unspecified atom stereocenters. The summed E-state index contributed by atoms with van der Waals surface area (Å²) in [6.45, 7) is 2.15. The summed E-state index contributed by atoms with van der Waals surface area (Å²) in [5.41, 5.74) is 4.20. The number of nitrogens with one attached hydrogen (secondary N) is 2. The third kappa shape index (κ3) is 4.69. The number of methoxy groups -OCH3 is 1. The fourth-order valence-electron chi connectivity index (χ4n) is 3.71. The number of aliphatic hydroxyl groups excluding tert-OH is 1. The molecule has 4 aromatic rings. The molecular formula is C24H25N3O3S. The van der Waals surface area contributed by atoms with Gasteiger partial charge in [-0.25, -0.2) is 0 Å². The Hall–Kier alpha value is -3.00. The first-order chi connectivity index (χ1) is 15.1. The van der Waals surface area contributed by atoms with E-state index >= 15 is 0 Å². The minimum atomic E-state index is -0.864. The van der Waals surface area contributed by atoms with Crippen LogP contribution < -0.4 is 10.1 Å². The van der Waals surface area contributed by atoms with Gasteiger partial charge in [0.15, 0.2) is 5.78 Å². The number of Topliss-reactive ketones (excluding diaryl/α,β-unsaturated/α-hetero) is 1. The number of hydrogen-bond acceptors (Lipinski definition) is 6. The summed E-state index contributed by atoms with van der Waals surface area (Å²) in [5.74, 6) is 0.675. The lowest BCUT2D eigenvalue weighted by molar-refractivity contribution is 0.101. The summed E-state index contributed by atoms with van der Waals surface area (Å²) in [4.78, 5) is 12.8. The third-order valence-electron chi connectivity index (χ3n) is 5.32. The van der Waals surface area contributed by atoms with E-state index in [-0.39, 0.29) is 5.78 Å². The number of thiophene rings is 1. The van der Waals surface area contributed by atoms with Gasteiger partial charge in [0.1, 0.15) is 12.0 Å². The van der Waals surface area contributed by atoms with Crippen LogP contribution in [0.15, 0.2) is 53.9 Å². The lowest BCUT2D eigenvalue weighted by Crippen LogP contribution is -2.20. The molecule has 0 saturated carbocycles. The monoisotopic (exact) mass is 435 g/mol. The van der Waals surface area contributed by atoms with E-state index in [1.165, 1.54) is 0 Å². The molecular weight excluding hydrogens is 410 g/mol. The van der Waals surface area contributed by atoms with Crippen LogP contribution >= 0.6 is 11.3 Å². The fraction of sp³-hybridized carbons (Fsp3) is 0.250. The van der Waals surface area contributed by atoms with Crippen LogP contribution in [0.4, 0.5) is 0 Å². The number of benzene rings is 2. The number of aromatic amines is 1. The molecule has 31 heavy (non-hydrogen) atoms. The zero-order chi connectivity index (χ0) is 21.8. The number of ether oxygens (including phenoxy) is 1. The van der Waals surface area contributed by atoms with Crippen molar-refractivity contribution in [3.8, 4) is 5.75 Å². The van der Waals surface area contributed by atoms with E-state index in [4.69, 9.17) is 4.74 Å². The first kappa shape index (κ1) is 21.2. The molecule has 0 aliphatic heterocycles. The topological polar surface area (TPSA) is 87.2 Å². The molecule has 2 aromatic carbocycles. The van der Waals surface area contributed by atoms with Crippen LogP contribution in [0.1, 0.15) is 45.2 Å². The number of ketones is 1. The summed E-state index contributed by atoms with van der Waals surface area (Å²) in [7, 11) is 1.61. The van der Waals surface area contributed by atoms with Crippen molar-refractivity contribution >= 4 is 28.0 Å². The van der Waals surface area contributed by atoms with E-state index in [9.17, 15) is 9.90 Å². The summed E-state index contributed by atoms with van der Waals surface area (Å²) < 4.78 is 5.72. The highest BCUT2D eigenvalue weighted by Crippen LogP contribution is 2.34. The second-order valence-electron chi connectivity index (χ2n) is 7.40. The molecule has 0 aliphatic rings. The Morgan fingerprint density at radius 2 is 2.10 bits per heavy atom. The summed E-state index contributed by atoms with van der Waals surface area (Å²) in [6.07, 6.45) is 0.595. The first-order valence-electron chi connectivity index (χ1n) is 10.1. The van der Waals surface area contributed by atoms with Crippen molar-refractivity contribution in [2.75, 3.05) is 7.11 Å². The van der Waals surface area contributed by atoms with Gasteiger partial charge in [-0.15, -0.1) is 11.3 Å². The van der Waals surface area contributed by atoms with Gasteiger partial charge in [-0.3, -0.25) is 15.2 Å². The van der Waals surface area contributed by atoms with E-state index in [0.29, 0.717) is 29.8 Å². The number of aryl methyl sites for hydroxylation is 2. The third-order valence-corrected chi connectivity index (χ3v) is 6.20. The van der Waals surface area contributed by atoms with Gasteiger partial charge in [0.25, 0.3) is 0 Å². The van der Waals surface area contributed by atoms with Gasteiger partial charge >= 0.3 is 0 Å². The van der Waals surface area contributed by atoms with Gasteiger partial charge in [0, 0.05) is 28.2 Å². The van der Waals surface area contributed by atoms with Gasteiger partial charge in [0.05, 0.1) is 18.0 Å². The van der Waals surface area contributed by atoms with Crippen molar-refractivity contribution in [2.24, 2.45) is 0 Å². The molecule has 160 valence electrons. The average molecular weight is 436 g/mol. The van der Waals surface area contributed by atoms with E-state index < -0.39 is 6.23 Å². The van der Waals surface area contributed by atoms with E-state index in [2.05, 4.69) is 15.5 Å². The Balaban J connectivity index is 1.57. The maximum atomic E-state index is 11.7. The van der Waals surface area contributed by atoms with E-state index in [1.54, 1.807) is 25.4 Å². The maximum absolute atomic E-state index is 11.7. The van der Waals surface area contributed by atoms with Crippen molar-refractivity contribution in [1.82, 2.24) is 15.5 Å². The number of hydrogen-bond donors (Lipinski definition) is 3. The second kappa shape index (κ2) is 9.43. The number of carbonyl (C=O) groups is 1. The smallest absolute Gasteiger partial charge is 0.159 e. The van der Waals surface area contributed by atoms with Crippen LogP contribution in [0, 0.1) is 0 Å². The second-order valence-corrected chi connectivity index (χ2v) is 8.44. The largest absolute Gasteiger partial charge is 0.496 e. The SMILES string of the molecule is COc1c(C(O)NCc2cccs2)ccc2n[nH]c(CCc3cccc(C(C)=O)c3)c12. The molecule has 2 aromatic heterocycles. The Labute approximate surface area is 184 Å². The average Bonchev–Trinajstić information content (AvgIpc) is 3.45. The summed E-state index contributed by atoms with van der Waals surface area (Å²) in [6, 6.07) is 15.4. The van der Waals surface area contributed by atoms with Gasteiger partial charge in [-0.2, -0.15) is 5.10 Å². The standard InChI is InChI=1S/C24H25N3O3S/c1-15(28)17-6-3-5-16(13-17)8-10-20-22-21(27-26-20)11-9-19(23(22)30-2)24(29)25-14-18-7-4-12-31-18/h3-7,9,11-13,24-25,29H,8,10,14H2,1-2H3,(H,26,27). The molecule has 0 saturated heterocycles. The number of fused-ring (bicyclic) bond motifs is 1. The van der Waals surface area contributed by atoms with Crippen molar-refractivity contribution in [1.29, 1.82) is 0 Å². The van der Waals surface area contributed by atoms with Crippen LogP contribution in [0.2, 0.25) is 0 Å². The highest BCUT2D eigenvalue weighted by Gasteiger charge is 2.20. The van der Waals surface area contributed by atoms with Crippen LogP contribution in [0.25, 0.3) is 10.9 Å². The van der Waals surface area contributed by atoms with Crippen LogP contribution in [-0.4, -0.2) is 28.2 Å².